The Morgan fingerprint density at radius 2 is 2.00 bits per heavy atom. The number of nitrogens with zero attached hydrogens (tertiary/aromatic N) is 2. The van der Waals surface area contributed by atoms with Crippen LogP contribution in [0.15, 0.2) is 48.7 Å². The van der Waals surface area contributed by atoms with Crippen LogP contribution < -0.4 is 0 Å². The van der Waals surface area contributed by atoms with Gasteiger partial charge in [0.2, 0.25) is 0 Å². The van der Waals surface area contributed by atoms with Crippen LogP contribution in [0.4, 0.5) is 0 Å². The third-order valence-corrected chi connectivity index (χ3v) is 4.60. The van der Waals surface area contributed by atoms with Crippen molar-refractivity contribution < 1.29 is 10.2 Å². The Balaban J connectivity index is 1.69. The lowest BCUT2D eigenvalue weighted by molar-refractivity contribution is -0.0255. The predicted molar refractivity (Wildman–Crippen MR) is 90.8 cm³/mol. The number of aliphatic hydroxyl groups excluding tert-OH is 1. The average Bonchev–Trinajstić information content (AvgIpc) is 2.78. The molecule has 4 heteroatoms. The quantitative estimate of drug-likeness (QED) is 0.910. The number of likely N-dealkylation sites (tertiary alicyclic amines) is 1. The Hall–Kier alpha value is -1.75. The van der Waals surface area contributed by atoms with Crippen LogP contribution in [0.25, 0.3) is 11.3 Å². The van der Waals surface area contributed by atoms with Gasteiger partial charge in [-0.05, 0) is 49.6 Å². The molecule has 0 saturated carbocycles. The number of hydrogen-bond donors (Lipinski definition) is 2. The molecule has 1 aromatic carbocycles. The molecule has 1 aliphatic rings. The van der Waals surface area contributed by atoms with Gasteiger partial charge in [-0.15, -0.1) is 0 Å². The van der Waals surface area contributed by atoms with Crippen LogP contribution in [0.3, 0.4) is 0 Å². The molecule has 2 heterocycles. The zero-order valence-electron chi connectivity index (χ0n) is 13.4. The highest BCUT2D eigenvalue weighted by Gasteiger charge is 2.29. The van der Waals surface area contributed by atoms with Crippen LogP contribution >= 0.6 is 0 Å². The lowest BCUT2D eigenvalue weighted by Gasteiger charge is -2.24. The van der Waals surface area contributed by atoms with Gasteiger partial charge >= 0.3 is 0 Å². The van der Waals surface area contributed by atoms with E-state index < -0.39 is 5.60 Å². The monoisotopic (exact) mass is 312 g/mol. The number of benzene rings is 1. The topological polar surface area (TPSA) is 56.6 Å². The van der Waals surface area contributed by atoms with Crippen LogP contribution in [-0.4, -0.2) is 45.4 Å². The van der Waals surface area contributed by atoms with Crippen molar-refractivity contribution in [3.63, 3.8) is 0 Å². The summed E-state index contributed by atoms with van der Waals surface area (Å²) in [6, 6.07) is 14.4. The average molecular weight is 312 g/mol. The first-order valence-electron chi connectivity index (χ1n) is 8.24. The number of rotatable bonds is 4. The fourth-order valence-corrected chi connectivity index (χ4v) is 3.17. The summed E-state index contributed by atoms with van der Waals surface area (Å²) in [5.41, 5.74) is 2.47. The van der Waals surface area contributed by atoms with Crippen molar-refractivity contribution in [2.45, 2.75) is 31.4 Å². The summed E-state index contributed by atoms with van der Waals surface area (Å²) in [7, 11) is 0. The molecule has 1 fully saturated rings. The molecule has 122 valence electrons. The third kappa shape index (κ3) is 4.16. The number of hydrogen-bond acceptors (Lipinski definition) is 4. The minimum Gasteiger partial charge on any atom is -0.393 e. The largest absolute Gasteiger partial charge is 0.393 e. The SMILES string of the molecule is OC[C@@]1(O)CCCN(Cc2cccc(-c3ccccn3)c2)CC1. The molecular formula is C19H24N2O2. The van der Waals surface area contributed by atoms with E-state index in [4.69, 9.17) is 0 Å². The fourth-order valence-electron chi connectivity index (χ4n) is 3.17. The molecule has 2 N–H and O–H groups in total. The molecule has 1 saturated heterocycles. The highest BCUT2D eigenvalue weighted by molar-refractivity contribution is 5.59. The number of pyridine rings is 1. The van der Waals surface area contributed by atoms with Crippen LogP contribution in [-0.2, 0) is 6.54 Å². The molecule has 0 radical (unpaired) electrons. The lowest BCUT2D eigenvalue weighted by atomic mass is 9.96. The van der Waals surface area contributed by atoms with Gasteiger partial charge in [-0.25, -0.2) is 0 Å². The number of aromatic nitrogens is 1. The Morgan fingerprint density at radius 3 is 2.78 bits per heavy atom. The normalized spacial score (nSPS) is 22.7. The van der Waals surface area contributed by atoms with Crippen molar-refractivity contribution in [3.8, 4) is 11.3 Å². The van der Waals surface area contributed by atoms with Gasteiger partial charge < -0.3 is 10.2 Å². The van der Waals surface area contributed by atoms with Gasteiger partial charge in [0.05, 0.1) is 17.9 Å². The van der Waals surface area contributed by atoms with E-state index in [-0.39, 0.29) is 6.61 Å². The summed E-state index contributed by atoms with van der Waals surface area (Å²) in [6.45, 7) is 2.49. The summed E-state index contributed by atoms with van der Waals surface area (Å²) in [5, 5.41) is 19.6. The van der Waals surface area contributed by atoms with Gasteiger partial charge in [-0.2, -0.15) is 0 Å². The van der Waals surface area contributed by atoms with Crippen molar-refractivity contribution in [1.29, 1.82) is 0 Å². The van der Waals surface area contributed by atoms with E-state index in [2.05, 4.69) is 34.1 Å². The summed E-state index contributed by atoms with van der Waals surface area (Å²) in [4.78, 5) is 6.76. The van der Waals surface area contributed by atoms with Crippen molar-refractivity contribution in [2.75, 3.05) is 19.7 Å². The number of aliphatic hydroxyl groups is 2. The Bertz CT molecular complexity index is 632. The Labute approximate surface area is 137 Å². The van der Waals surface area contributed by atoms with E-state index in [0.717, 1.165) is 37.3 Å². The van der Waals surface area contributed by atoms with Crippen LogP contribution in [0.2, 0.25) is 0 Å². The second-order valence-electron chi connectivity index (χ2n) is 6.43. The smallest absolute Gasteiger partial charge is 0.0890 e. The first-order valence-corrected chi connectivity index (χ1v) is 8.24. The van der Waals surface area contributed by atoms with E-state index in [9.17, 15) is 10.2 Å². The Morgan fingerprint density at radius 1 is 1.09 bits per heavy atom. The molecule has 2 aromatic rings. The molecule has 1 aliphatic heterocycles. The summed E-state index contributed by atoms with van der Waals surface area (Å²) in [5.74, 6) is 0. The second kappa shape index (κ2) is 7.21. The van der Waals surface area contributed by atoms with Gasteiger partial charge in [0.25, 0.3) is 0 Å². The summed E-state index contributed by atoms with van der Waals surface area (Å²) < 4.78 is 0. The molecular weight excluding hydrogens is 288 g/mol. The van der Waals surface area contributed by atoms with Crippen LogP contribution in [0.5, 0.6) is 0 Å². The van der Waals surface area contributed by atoms with Gasteiger partial charge in [-0.3, -0.25) is 9.88 Å². The van der Waals surface area contributed by atoms with E-state index in [1.54, 1.807) is 0 Å². The van der Waals surface area contributed by atoms with Crippen molar-refractivity contribution in [3.05, 3.63) is 54.2 Å². The molecule has 0 unspecified atom stereocenters. The van der Waals surface area contributed by atoms with Crippen LogP contribution in [0, 0.1) is 0 Å². The molecule has 3 rings (SSSR count). The zero-order valence-corrected chi connectivity index (χ0v) is 13.4. The third-order valence-electron chi connectivity index (χ3n) is 4.60. The van der Waals surface area contributed by atoms with E-state index in [1.807, 2.05) is 24.4 Å². The molecule has 1 atom stereocenters. The van der Waals surface area contributed by atoms with Gasteiger partial charge in [-0.1, -0.05) is 24.3 Å². The molecule has 0 aliphatic carbocycles. The fraction of sp³-hybridized carbons (Fsp3) is 0.421. The molecule has 0 amide bonds. The zero-order chi connectivity index (χ0) is 16.1. The summed E-state index contributed by atoms with van der Waals surface area (Å²) >= 11 is 0. The maximum atomic E-state index is 10.3. The van der Waals surface area contributed by atoms with E-state index in [1.165, 1.54) is 5.56 Å². The molecule has 23 heavy (non-hydrogen) atoms. The van der Waals surface area contributed by atoms with Crippen molar-refractivity contribution >= 4 is 0 Å². The first-order chi connectivity index (χ1) is 11.2. The van der Waals surface area contributed by atoms with Crippen molar-refractivity contribution in [2.24, 2.45) is 0 Å². The minimum atomic E-state index is -0.898. The van der Waals surface area contributed by atoms with Crippen LogP contribution in [0.1, 0.15) is 24.8 Å². The van der Waals surface area contributed by atoms with Gasteiger partial charge in [0, 0.05) is 24.8 Å². The van der Waals surface area contributed by atoms with E-state index in [0.29, 0.717) is 12.8 Å². The maximum absolute atomic E-state index is 10.3. The minimum absolute atomic E-state index is 0.143. The maximum Gasteiger partial charge on any atom is 0.0890 e. The molecule has 1 aromatic heterocycles. The predicted octanol–water partition coefficient (Wildman–Crippen LogP) is 2.46. The first kappa shape index (κ1) is 16.1. The second-order valence-corrected chi connectivity index (χ2v) is 6.43. The molecule has 4 nitrogen and oxygen atoms in total. The molecule has 0 spiro atoms. The highest BCUT2D eigenvalue weighted by Crippen LogP contribution is 2.24. The summed E-state index contributed by atoms with van der Waals surface area (Å²) in [6.07, 6.45) is 4.03. The highest BCUT2D eigenvalue weighted by atomic mass is 16.3. The van der Waals surface area contributed by atoms with E-state index >= 15 is 0 Å². The lowest BCUT2D eigenvalue weighted by Crippen LogP contribution is -2.34. The van der Waals surface area contributed by atoms with Gasteiger partial charge in [0.1, 0.15) is 0 Å². The standard InChI is InChI=1S/C19H24N2O2/c22-15-19(23)8-4-11-21(12-9-19)14-16-5-3-6-17(13-16)18-7-1-2-10-20-18/h1-3,5-7,10,13,22-23H,4,8-9,11-12,14-15H2/t19-/m1/s1. The van der Waals surface area contributed by atoms with Crippen molar-refractivity contribution in [1.82, 2.24) is 9.88 Å². The molecule has 0 bridgehead atoms. The Kier molecular flexibility index (Phi) is 5.06. The van der Waals surface area contributed by atoms with Gasteiger partial charge in [0.15, 0.2) is 0 Å².